The van der Waals surface area contributed by atoms with Crippen molar-refractivity contribution >= 4 is 46.4 Å². The number of hydrogen-bond donors (Lipinski definition) is 2. The lowest BCUT2D eigenvalue weighted by atomic mass is 10.0. The van der Waals surface area contributed by atoms with E-state index >= 15 is 0 Å². The van der Waals surface area contributed by atoms with Crippen LogP contribution in [-0.4, -0.2) is 76.8 Å². The molecule has 0 amide bonds. The predicted molar refractivity (Wildman–Crippen MR) is 270 cm³/mol. The van der Waals surface area contributed by atoms with Gasteiger partial charge in [-0.2, -0.15) is 0 Å². The van der Waals surface area contributed by atoms with Crippen molar-refractivity contribution in [1.29, 1.82) is 0 Å². The molecule has 12 nitrogen and oxygen atoms in total. The van der Waals surface area contributed by atoms with Gasteiger partial charge in [0.15, 0.2) is 0 Å². The average Bonchev–Trinajstić information content (AvgIpc) is 4.21. The van der Waals surface area contributed by atoms with Crippen LogP contribution in [0.2, 0.25) is 0 Å². The third kappa shape index (κ3) is 8.78. The van der Waals surface area contributed by atoms with Crippen molar-refractivity contribution in [2.45, 2.75) is 26.4 Å². The summed E-state index contributed by atoms with van der Waals surface area (Å²) in [5.41, 5.74) is 17.4. The van der Waals surface area contributed by atoms with Crippen LogP contribution in [0.1, 0.15) is 45.0 Å². The van der Waals surface area contributed by atoms with Gasteiger partial charge in [-0.1, -0.05) is 24.3 Å². The normalized spacial score (nSPS) is 11.9. The lowest BCUT2D eigenvalue weighted by Gasteiger charge is -2.12. The van der Waals surface area contributed by atoms with Crippen molar-refractivity contribution in [2.75, 3.05) is 56.9 Å². The number of fused-ring (bicyclic) bond motifs is 8. The number of hydrogen-bond acceptors (Lipinski definition) is 10. The maximum atomic E-state index is 5.78. The summed E-state index contributed by atoms with van der Waals surface area (Å²) in [5, 5.41) is 0. The Labute approximate surface area is 395 Å². The molecular weight excluding hydrogens is 857 g/mol. The molecule has 0 radical (unpaired) electrons. The van der Waals surface area contributed by atoms with Crippen LogP contribution in [0.25, 0.3) is 90.9 Å². The van der Waals surface area contributed by atoms with Gasteiger partial charge in [0, 0.05) is 95.0 Å². The fourth-order valence-corrected chi connectivity index (χ4v) is 9.23. The monoisotopic (exact) mass is 910 g/mol. The minimum atomic E-state index is 0.363. The van der Waals surface area contributed by atoms with Gasteiger partial charge in [-0.25, -0.2) is 9.97 Å². The van der Waals surface area contributed by atoms with Gasteiger partial charge >= 0.3 is 0 Å². The molecule has 346 valence electrons. The first-order valence-electron chi connectivity index (χ1n) is 22.1. The van der Waals surface area contributed by atoms with Gasteiger partial charge in [0.05, 0.1) is 77.6 Å². The third-order valence-corrected chi connectivity index (χ3v) is 12.2. The van der Waals surface area contributed by atoms with Crippen molar-refractivity contribution < 1.29 is 37.9 Å². The molecule has 4 aromatic carbocycles. The summed E-state index contributed by atoms with van der Waals surface area (Å²) in [5.74, 6) is 2.94. The predicted octanol–water partition coefficient (Wildman–Crippen LogP) is 11.9. The van der Waals surface area contributed by atoms with Crippen LogP contribution in [0.4, 0.5) is 0 Å². The van der Waals surface area contributed by atoms with Crippen LogP contribution in [0, 0.1) is 0 Å². The highest BCUT2D eigenvalue weighted by molar-refractivity contribution is 6.00. The molecule has 0 saturated heterocycles. The Morgan fingerprint density at radius 3 is 0.765 bits per heavy atom. The van der Waals surface area contributed by atoms with E-state index in [2.05, 4.69) is 107 Å². The van der Waals surface area contributed by atoms with Crippen LogP contribution >= 0.6 is 0 Å². The largest absolute Gasteiger partial charge is 0.496 e. The highest BCUT2D eigenvalue weighted by Gasteiger charge is 2.22. The summed E-state index contributed by atoms with van der Waals surface area (Å²) in [6.07, 6.45) is 8.31. The van der Waals surface area contributed by atoms with Crippen LogP contribution in [0.3, 0.4) is 0 Å². The second-order valence-electron chi connectivity index (χ2n) is 16.3. The van der Waals surface area contributed by atoms with Gasteiger partial charge < -0.3 is 47.9 Å². The first-order chi connectivity index (χ1) is 33.3. The number of methoxy groups -OCH3 is 8. The number of nitrogens with zero attached hydrogens (tertiary/aromatic N) is 2. The summed E-state index contributed by atoms with van der Waals surface area (Å²) >= 11 is 0. The van der Waals surface area contributed by atoms with Crippen molar-refractivity contribution in [3.8, 4) is 67.5 Å². The van der Waals surface area contributed by atoms with Crippen LogP contribution in [0.15, 0.2) is 97.1 Å². The van der Waals surface area contributed by atoms with E-state index in [1.807, 2.05) is 24.3 Å². The molecule has 68 heavy (non-hydrogen) atoms. The molecule has 12 heteroatoms. The van der Waals surface area contributed by atoms with E-state index in [0.717, 1.165) is 135 Å². The Balaban J connectivity index is 1.46. The third-order valence-electron chi connectivity index (χ3n) is 12.2. The van der Waals surface area contributed by atoms with E-state index in [-0.39, 0.29) is 0 Å². The SMILES string of the molecule is COCc1cc(-c2c3nc(c(-c4ccc(OC)c(COC)c4)c4ccc([nH]4)c(-c4ccc(OC)c(COC)c4)c4nc(c(-c5ccc(OC)c(COC)c5)c5ccc2[nH]5)C=C4)C=C3)ccc1OC. The molecule has 2 N–H and O–H groups in total. The Bertz CT molecular complexity index is 2840. The minimum absolute atomic E-state index is 0.363. The zero-order chi connectivity index (χ0) is 47.3. The van der Waals surface area contributed by atoms with E-state index in [9.17, 15) is 0 Å². The Hall–Kier alpha value is -7.48. The molecule has 0 unspecified atom stereocenters. The molecule has 7 aromatic rings. The summed E-state index contributed by atoms with van der Waals surface area (Å²) in [6, 6.07) is 33.0. The standard InChI is InChI=1S/C56H54N4O8/c1-61-29-37-25-33(9-21-49(37)65-5)53-41-13-15-43(57-41)54(34-10-22-50(66-6)38(26-34)30-62-2)45-17-19-47(59-45)56(36-12-24-52(68-8)40(28-36)32-64-4)48-20-18-46(60-48)55(44-16-14-42(53)58-44)35-11-23-51(67-7)39(27-35)31-63-3/h9-28,57,60H,29-32H2,1-8H3. The maximum Gasteiger partial charge on any atom is 0.124 e. The summed E-state index contributed by atoms with van der Waals surface area (Å²) in [4.78, 5) is 18.7. The van der Waals surface area contributed by atoms with Crippen LogP contribution in [0.5, 0.6) is 23.0 Å². The van der Waals surface area contributed by atoms with E-state index in [4.69, 9.17) is 47.9 Å². The quantitative estimate of drug-likeness (QED) is 0.0966. The van der Waals surface area contributed by atoms with Gasteiger partial charge in [0.1, 0.15) is 23.0 Å². The first kappa shape index (κ1) is 45.7. The van der Waals surface area contributed by atoms with Crippen molar-refractivity contribution in [1.82, 2.24) is 19.9 Å². The molecule has 3 aromatic heterocycles. The molecule has 2 aliphatic heterocycles. The summed E-state index contributed by atoms with van der Waals surface area (Å²) in [7, 11) is 13.4. The molecular formula is C56H54N4O8. The second-order valence-corrected chi connectivity index (χ2v) is 16.3. The number of aromatic nitrogens is 4. The smallest absolute Gasteiger partial charge is 0.124 e. The second kappa shape index (κ2) is 20.2. The molecule has 0 aliphatic carbocycles. The zero-order valence-corrected chi connectivity index (χ0v) is 39.5. The topological polar surface area (TPSA) is 131 Å². The van der Waals surface area contributed by atoms with Crippen molar-refractivity contribution in [3.63, 3.8) is 0 Å². The Morgan fingerprint density at radius 1 is 0.324 bits per heavy atom. The summed E-state index contributed by atoms with van der Waals surface area (Å²) < 4.78 is 45.7. The van der Waals surface area contributed by atoms with Gasteiger partial charge in [0.2, 0.25) is 0 Å². The van der Waals surface area contributed by atoms with Crippen molar-refractivity contribution in [2.24, 2.45) is 0 Å². The first-order valence-corrected chi connectivity index (χ1v) is 22.1. The molecule has 0 fully saturated rings. The number of rotatable bonds is 16. The fourth-order valence-electron chi connectivity index (χ4n) is 9.23. The van der Waals surface area contributed by atoms with Crippen LogP contribution < -0.4 is 18.9 Å². The maximum absolute atomic E-state index is 5.78. The number of aromatic amines is 2. The van der Waals surface area contributed by atoms with Crippen molar-refractivity contribution in [3.05, 3.63) is 142 Å². The molecule has 0 spiro atoms. The van der Waals surface area contributed by atoms with E-state index in [0.29, 0.717) is 26.4 Å². The lowest BCUT2D eigenvalue weighted by Crippen LogP contribution is -1.96. The minimum Gasteiger partial charge on any atom is -0.496 e. The Kier molecular flexibility index (Phi) is 13.5. The van der Waals surface area contributed by atoms with Crippen LogP contribution in [-0.2, 0) is 45.4 Å². The number of benzene rings is 4. The lowest BCUT2D eigenvalue weighted by molar-refractivity contribution is 0.181. The van der Waals surface area contributed by atoms with Gasteiger partial charge in [-0.3, -0.25) is 0 Å². The van der Waals surface area contributed by atoms with E-state index < -0.39 is 0 Å². The molecule has 0 atom stereocenters. The van der Waals surface area contributed by atoms with E-state index in [1.54, 1.807) is 56.9 Å². The van der Waals surface area contributed by atoms with Gasteiger partial charge in [-0.15, -0.1) is 0 Å². The molecule has 2 aliphatic rings. The fraction of sp³-hybridized carbons (Fsp3) is 0.214. The molecule has 8 bridgehead atoms. The van der Waals surface area contributed by atoms with E-state index in [1.165, 1.54) is 0 Å². The molecule has 9 rings (SSSR count). The summed E-state index contributed by atoms with van der Waals surface area (Å²) in [6.45, 7) is 1.45. The molecule has 5 heterocycles. The average molecular weight is 911 g/mol. The number of nitrogens with one attached hydrogen (secondary N) is 2. The van der Waals surface area contributed by atoms with Gasteiger partial charge in [-0.05, 0) is 119 Å². The highest BCUT2D eigenvalue weighted by atomic mass is 16.5. The van der Waals surface area contributed by atoms with Gasteiger partial charge in [0.25, 0.3) is 0 Å². The zero-order valence-electron chi connectivity index (χ0n) is 39.5. The molecule has 0 saturated carbocycles. The number of H-pyrrole nitrogens is 2. The number of ether oxygens (including phenoxy) is 8. The highest BCUT2D eigenvalue weighted by Crippen LogP contribution is 2.41. The Morgan fingerprint density at radius 2 is 0.559 bits per heavy atom.